The van der Waals surface area contributed by atoms with E-state index in [1.54, 1.807) is 0 Å². The summed E-state index contributed by atoms with van der Waals surface area (Å²) in [5, 5.41) is 16.1. The van der Waals surface area contributed by atoms with Gasteiger partial charge in [-0.3, -0.25) is 4.79 Å². The molecule has 0 fully saturated rings. The van der Waals surface area contributed by atoms with Crippen LogP contribution < -0.4 is 88.7 Å². The minimum Gasteiger partial charge on any atom is -1.00 e. The number of rotatable bonds is 3. The van der Waals surface area contributed by atoms with Crippen LogP contribution >= 0.6 is 0 Å². The van der Waals surface area contributed by atoms with Crippen molar-refractivity contribution >= 4 is 11.9 Å². The first-order valence-electron chi connectivity index (χ1n) is 2.17. The van der Waals surface area contributed by atoms with Crippen LogP contribution in [-0.2, 0) is 9.59 Å². The molecule has 0 heterocycles. The third-order valence-corrected chi connectivity index (χ3v) is 0.667. The molecule has 0 atom stereocenters. The van der Waals surface area contributed by atoms with Crippen molar-refractivity contribution in [3.8, 4) is 0 Å². The molecule has 0 aromatic rings. The monoisotopic (exact) mass is 202 g/mol. The summed E-state index contributed by atoms with van der Waals surface area (Å²) < 4.78 is 0. The predicted molar refractivity (Wildman–Crippen MR) is 32.4 cm³/mol. The molecule has 0 amide bonds. The van der Waals surface area contributed by atoms with Gasteiger partial charge in [0.25, 0.3) is 0 Å². The molecule has 0 aliphatic carbocycles. The van der Waals surface area contributed by atoms with Crippen molar-refractivity contribution < 1.29 is 113 Å². The predicted octanol–water partition coefficient (Wildman–Crippen LogP) is -8.55. The quantitative estimate of drug-likeness (QED) is 0.352. The minimum absolute atomic E-state index is 0. The number of carbonyl (C=O) groups is 2. The van der Waals surface area contributed by atoms with E-state index < -0.39 is 18.4 Å². The van der Waals surface area contributed by atoms with Gasteiger partial charge in [-0.1, -0.05) is 6.58 Å². The Hall–Kier alpha value is 1.68. The summed E-state index contributed by atoms with van der Waals surface area (Å²) in [5.74, 6) is -2.44. The Morgan fingerprint density at radius 2 is 1.50 bits per heavy atom. The molecule has 4 nitrogen and oxygen atoms in total. The topological polar surface area (TPSA) is 74.6 Å². The van der Waals surface area contributed by atoms with Gasteiger partial charge in [-0.15, -0.1) is 0 Å². The molecule has 0 bridgehead atoms. The molecular formula is C5H9Na3O4. The van der Waals surface area contributed by atoms with Crippen LogP contribution in [0.15, 0.2) is 12.2 Å². The molecule has 2 N–H and O–H groups in total. The number of carboxylic acids is 2. The first kappa shape index (κ1) is 23.5. The van der Waals surface area contributed by atoms with Crippen LogP contribution in [0.4, 0.5) is 0 Å². The number of aliphatic carboxylic acids is 2. The summed E-state index contributed by atoms with van der Waals surface area (Å²) in [4.78, 5) is 19.7. The van der Waals surface area contributed by atoms with Crippen molar-refractivity contribution in [3.05, 3.63) is 12.2 Å². The van der Waals surface area contributed by atoms with Crippen LogP contribution in [0.2, 0.25) is 0 Å². The molecule has 0 rings (SSSR count). The van der Waals surface area contributed by atoms with E-state index in [4.69, 9.17) is 10.2 Å². The summed E-state index contributed by atoms with van der Waals surface area (Å²) in [6.45, 7) is 3.01. The van der Waals surface area contributed by atoms with Gasteiger partial charge in [0.15, 0.2) is 0 Å². The van der Waals surface area contributed by atoms with Gasteiger partial charge in [0, 0.05) is 5.57 Å². The van der Waals surface area contributed by atoms with Gasteiger partial charge in [-0.25, -0.2) is 4.79 Å². The van der Waals surface area contributed by atoms with E-state index in [-0.39, 0.29) is 98.5 Å². The molecule has 0 saturated carbocycles. The van der Waals surface area contributed by atoms with E-state index in [2.05, 4.69) is 6.58 Å². The zero-order chi connectivity index (χ0) is 7.44. The third-order valence-electron chi connectivity index (χ3n) is 0.667. The van der Waals surface area contributed by atoms with Crippen molar-refractivity contribution in [2.75, 3.05) is 0 Å². The van der Waals surface area contributed by atoms with Crippen molar-refractivity contribution in [3.63, 3.8) is 0 Å². The Bertz CT molecular complexity index is 179. The zero-order valence-electron chi connectivity index (χ0n) is 10.6. The second kappa shape index (κ2) is 12.7. The minimum atomic E-state index is -1.27. The maximum Gasteiger partial charge on any atom is 1.00 e. The fourth-order valence-electron chi connectivity index (χ4n) is 0.258. The van der Waals surface area contributed by atoms with E-state index in [1.165, 1.54) is 0 Å². The molecule has 0 radical (unpaired) electrons. The van der Waals surface area contributed by atoms with Crippen molar-refractivity contribution in [2.45, 2.75) is 6.42 Å². The summed E-state index contributed by atoms with van der Waals surface area (Å²) in [6, 6.07) is 0. The number of hydrogen-bond acceptors (Lipinski definition) is 2. The molecule has 0 aromatic heterocycles. The van der Waals surface area contributed by atoms with Crippen LogP contribution in [0.25, 0.3) is 0 Å². The van der Waals surface area contributed by atoms with E-state index in [1.807, 2.05) is 0 Å². The smallest absolute Gasteiger partial charge is 1.00 e. The second-order valence-corrected chi connectivity index (χ2v) is 1.48. The number of carboxylic acid groups (broad SMARTS) is 2. The zero-order valence-corrected chi connectivity index (χ0v) is 13.6. The van der Waals surface area contributed by atoms with Crippen LogP contribution in [-0.4, -0.2) is 22.2 Å². The van der Waals surface area contributed by atoms with Crippen molar-refractivity contribution in [1.82, 2.24) is 0 Å². The molecule has 0 saturated heterocycles. The Balaban J connectivity index is -0.0000000213. The summed E-state index contributed by atoms with van der Waals surface area (Å²) in [6.07, 6.45) is -0.505. The molecule has 12 heavy (non-hydrogen) atoms. The molecule has 0 spiro atoms. The van der Waals surface area contributed by atoms with Gasteiger partial charge < -0.3 is 14.5 Å². The normalized spacial score (nSPS) is 6.33. The Morgan fingerprint density at radius 3 is 1.58 bits per heavy atom. The molecule has 0 unspecified atom stereocenters. The van der Waals surface area contributed by atoms with Crippen molar-refractivity contribution in [1.29, 1.82) is 0 Å². The van der Waals surface area contributed by atoms with Gasteiger partial charge in [-0.05, 0) is 0 Å². The summed E-state index contributed by atoms with van der Waals surface area (Å²) in [5.41, 5.74) is -0.303. The number of hydrogen-bond donors (Lipinski definition) is 2. The van der Waals surface area contributed by atoms with Gasteiger partial charge in [0.2, 0.25) is 0 Å². The van der Waals surface area contributed by atoms with Crippen LogP contribution in [0.3, 0.4) is 0 Å². The molecule has 7 heteroatoms. The molecular weight excluding hydrogens is 193 g/mol. The summed E-state index contributed by atoms with van der Waals surface area (Å²) in [7, 11) is 0. The fraction of sp³-hybridized carbons (Fsp3) is 0.200. The maximum absolute atomic E-state index is 9.87. The van der Waals surface area contributed by atoms with E-state index in [0.29, 0.717) is 0 Å². The largest absolute Gasteiger partial charge is 1.00 e. The molecule has 0 aromatic carbocycles. The average Bonchev–Trinajstić information content (AvgIpc) is 1.63. The molecule has 56 valence electrons. The Labute approximate surface area is 141 Å². The Morgan fingerprint density at radius 1 is 1.17 bits per heavy atom. The van der Waals surface area contributed by atoms with Crippen LogP contribution in [0.1, 0.15) is 10.7 Å². The van der Waals surface area contributed by atoms with Gasteiger partial charge >= 0.3 is 101 Å². The van der Waals surface area contributed by atoms with Gasteiger partial charge in [-0.2, -0.15) is 0 Å². The molecule has 0 aliphatic heterocycles. The van der Waals surface area contributed by atoms with Gasteiger partial charge in [0.05, 0.1) is 6.42 Å². The fourth-order valence-corrected chi connectivity index (χ4v) is 0.258. The van der Waals surface area contributed by atoms with E-state index >= 15 is 0 Å². The Kier molecular flexibility index (Phi) is 24.8. The first-order valence-corrected chi connectivity index (χ1v) is 2.17. The SMILES string of the molecule is C=C(CC(=O)O)C(=O)O.[H-].[H-].[H-].[Na+].[Na+].[Na+]. The van der Waals surface area contributed by atoms with Crippen LogP contribution in [0.5, 0.6) is 0 Å². The van der Waals surface area contributed by atoms with E-state index in [0.717, 1.165) is 0 Å². The first-order chi connectivity index (χ1) is 4.04. The second-order valence-electron chi connectivity index (χ2n) is 1.48. The van der Waals surface area contributed by atoms with Crippen molar-refractivity contribution in [2.24, 2.45) is 0 Å². The maximum atomic E-state index is 9.87. The molecule has 0 aliphatic rings. The standard InChI is InChI=1S/C5H6O4.3Na.3H/c1-3(5(8)9)2-4(6)7;;;;;;/h1-2H2,(H,6,7)(H,8,9);;;;;;/q;3*+1;3*-1. The summed E-state index contributed by atoms with van der Waals surface area (Å²) >= 11 is 0. The average molecular weight is 202 g/mol. The van der Waals surface area contributed by atoms with E-state index in [9.17, 15) is 9.59 Å². The third kappa shape index (κ3) is 14.2. The van der Waals surface area contributed by atoms with Crippen LogP contribution in [0, 0.1) is 0 Å². The van der Waals surface area contributed by atoms with Gasteiger partial charge in [0.1, 0.15) is 0 Å².